The molecule has 1 fully saturated rings. The number of rotatable bonds is 5. The van der Waals surface area contributed by atoms with E-state index in [1.165, 1.54) is 10.4 Å². The van der Waals surface area contributed by atoms with Crippen molar-refractivity contribution in [1.29, 1.82) is 0 Å². The molecule has 0 saturated carbocycles. The Morgan fingerprint density at radius 3 is 1.92 bits per heavy atom. The Morgan fingerprint density at radius 2 is 1.52 bits per heavy atom. The highest BCUT2D eigenvalue weighted by Gasteiger charge is 2.50. The minimum atomic E-state index is -2.45. The molecule has 0 bridgehead atoms. The summed E-state index contributed by atoms with van der Waals surface area (Å²) in [4.78, 5) is 0. The molecular formula is C20H26O2S2Si. The fraction of sp³-hybridized carbons (Fsp3) is 0.400. The van der Waals surface area contributed by atoms with Crippen molar-refractivity contribution >= 4 is 42.2 Å². The Kier molecular flexibility index (Phi) is 6.01. The normalized spacial score (nSPS) is 21.4. The molecule has 0 aromatic heterocycles. The third kappa shape index (κ3) is 4.01. The maximum absolute atomic E-state index is 9.82. The zero-order valence-electron chi connectivity index (χ0n) is 15.0. The van der Waals surface area contributed by atoms with Gasteiger partial charge in [0.05, 0.1) is 11.2 Å². The topological polar surface area (TPSA) is 29.5 Å². The van der Waals surface area contributed by atoms with Crippen molar-refractivity contribution in [2.45, 2.75) is 35.8 Å². The van der Waals surface area contributed by atoms with Crippen molar-refractivity contribution in [2.24, 2.45) is 0 Å². The molecule has 1 saturated heterocycles. The summed E-state index contributed by atoms with van der Waals surface area (Å²) >= 11 is 3.43. The Balaban J connectivity index is 2.02. The van der Waals surface area contributed by atoms with E-state index in [0.717, 1.165) is 5.75 Å². The summed E-state index contributed by atoms with van der Waals surface area (Å²) in [5.74, 6) is 0.791. The molecule has 3 rings (SSSR count). The maximum atomic E-state index is 9.82. The molecule has 2 aromatic carbocycles. The lowest BCUT2D eigenvalue weighted by Gasteiger charge is -2.43. The van der Waals surface area contributed by atoms with E-state index < -0.39 is 8.32 Å². The molecule has 134 valence electrons. The van der Waals surface area contributed by atoms with E-state index in [1.807, 2.05) is 0 Å². The zero-order valence-corrected chi connectivity index (χ0v) is 17.6. The van der Waals surface area contributed by atoms with Gasteiger partial charge in [-0.2, -0.15) is 0 Å². The van der Waals surface area contributed by atoms with Crippen LogP contribution in [0.1, 0.15) is 20.8 Å². The summed E-state index contributed by atoms with van der Waals surface area (Å²) in [6.07, 6.45) is 0. The van der Waals surface area contributed by atoms with Crippen molar-refractivity contribution in [2.75, 3.05) is 12.4 Å². The lowest BCUT2D eigenvalue weighted by atomic mass is 10.2. The van der Waals surface area contributed by atoms with Crippen molar-refractivity contribution in [3.8, 4) is 0 Å². The van der Waals surface area contributed by atoms with Gasteiger partial charge in [0.15, 0.2) is 0 Å². The number of aliphatic hydroxyl groups is 1. The molecule has 0 spiro atoms. The predicted molar refractivity (Wildman–Crippen MR) is 113 cm³/mol. The van der Waals surface area contributed by atoms with Crippen molar-refractivity contribution in [3.05, 3.63) is 60.7 Å². The number of thioether (sulfide) groups is 2. The highest BCUT2D eigenvalue weighted by atomic mass is 32.2. The highest BCUT2D eigenvalue weighted by molar-refractivity contribution is 8.20. The average molecular weight is 391 g/mol. The number of benzene rings is 2. The monoisotopic (exact) mass is 390 g/mol. The standard InChI is InChI=1S/C20H26O2S2Si/c1-20(2,3)25(16-10-6-4-7-11-16,17-12-8-5-9-13-17)22-14-19-23-15-18(21)24-19/h4-13,18-19,21H,14-15H2,1-3H3/t18-,19+/m0/s1. The first-order chi connectivity index (χ1) is 11.9. The van der Waals surface area contributed by atoms with Crippen LogP contribution in [-0.2, 0) is 4.43 Å². The molecule has 1 N–H and O–H groups in total. The van der Waals surface area contributed by atoms with E-state index in [9.17, 15) is 5.11 Å². The van der Waals surface area contributed by atoms with Crippen molar-refractivity contribution in [3.63, 3.8) is 0 Å². The van der Waals surface area contributed by atoms with Gasteiger partial charge in [-0.15, -0.1) is 23.5 Å². The van der Waals surface area contributed by atoms with Crippen LogP contribution in [0.15, 0.2) is 60.7 Å². The van der Waals surface area contributed by atoms with Gasteiger partial charge in [-0.25, -0.2) is 0 Å². The minimum absolute atomic E-state index is 0.00224. The Bertz CT molecular complexity index is 634. The minimum Gasteiger partial charge on any atom is -0.405 e. The lowest BCUT2D eigenvalue weighted by molar-refractivity contribution is 0.288. The molecule has 1 aliphatic heterocycles. The van der Waals surface area contributed by atoms with Gasteiger partial charge in [0.2, 0.25) is 0 Å². The molecule has 25 heavy (non-hydrogen) atoms. The summed E-state index contributed by atoms with van der Waals surface area (Å²) in [6.45, 7) is 7.55. The quantitative estimate of drug-likeness (QED) is 0.789. The van der Waals surface area contributed by atoms with Gasteiger partial charge < -0.3 is 9.53 Å². The summed E-state index contributed by atoms with van der Waals surface area (Å²) in [7, 11) is -2.45. The second kappa shape index (κ2) is 7.88. The molecule has 5 heteroatoms. The van der Waals surface area contributed by atoms with E-state index in [4.69, 9.17) is 4.43 Å². The van der Waals surface area contributed by atoms with Gasteiger partial charge >= 0.3 is 0 Å². The largest absolute Gasteiger partial charge is 0.405 e. The number of hydrogen-bond donors (Lipinski definition) is 1. The molecule has 0 aliphatic carbocycles. The zero-order chi connectivity index (χ0) is 17.9. The highest BCUT2D eigenvalue weighted by Crippen LogP contribution is 2.40. The predicted octanol–water partition coefficient (Wildman–Crippen LogP) is 3.69. The Morgan fingerprint density at radius 1 is 1.00 bits per heavy atom. The first-order valence-corrected chi connectivity index (χ1v) is 12.5. The van der Waals surface area contributed by atoms with Gasteiger partial charge in [0.25, 0.3) is 8.32 Å². The third-order valence-corrected chi connectivity index (χ3v) is 12.5. The van der Waals surface area contributed by atoms with Crippen LogP contribution in [0.25, 0.3) is 0 Å². The molecule has 2 atom stereocenters. The van der Waals surface area contributed by atoms with Crippen LogP contribution in [0, 0.1) is 0 Å². The number of aliphatic hydroxyl groups excluding tert-OH is 1. The Hall–Kier alpha value is -0.723. The molecule has 0 radical (unpaired) electrons. The molecule has 1 heterocycles. The molecule has 2 aromatic rings. The third-order valence-electron chi connectivity index (χ3n) is 4.59. The van der Waals surface area contributed by atoms with Gasteiger partial charge in [-0.05, 0) is 15.4 Å². The first kappa shape index (κ1) is 19.0. The van der Waals surface area contributed by atoms with Crippen molar-refractivity contribution in [1.82, 2.24) is 0 Å². The van der Waals surface area contributed by atoms with E-state index in [0.29, 0.717) is 11.2 Å². The van der Waals surface area contributed by atoms with Crippen LogP contribution in [0.4, 0.5) is 0 Å². The SMILES string of the molecule is CC(C)(C)[Si](OC[C@@H]1SC[C@@H](O)S1)(c1ccccc1)c1ccccc1. The fourth-order valence-electron chi connectivity index (χ4n) is 3.49. The molecule has 0 amide bonds. The second-order valence-corrected chi connectivity index (χ2v) is 14.6. The lowest BCUT2D eigenvalue weighted by Crippen LogP contribution is -2.66. The Labute approximate surface area is 160 Å². The summed E-state index contributed by atoms with van der Waals surface area (Å²) in [6, 6.07) is 21.4. The van der Waals surface area contributed by atoms with Crippen LogP contribution in [0.5, 0.6) is 0 Å². The number of hydrogen-bond acceptors (Lipinski definition) is 4. The van der Waals surface area contributed by atoms with E-state index >= 15 is 0 Å². The summed E-state index contributed by atoms with van der Waals surface area (Å²) in [5, 5.41) is 12.4. The molecular weight excluding hydrogens is 364 g/mol. The summed E-state index contributed by atoms with van der Waals surface area (Å²) in [5.41, 5.74) is -0.266. The molecule has 0 unspecified atom stereocenters. The van der Waals surface area contributed by atoms with Gasteiger partial charge in [0, 0.05) is 5.75 Å². The van der Waals surface area contributed by atoms with Crippen molar-refractivity contribution < 1.29 is 9.53 Å². The summed E-state index contributed by atoms with van der Waals surface area (Å²) < 4.78 is 7.19. The van der Waals surface area contributed by atoms with E-state index in [-0.39, 0.29) is 10.5 Å². The van der Waals surface area contributed by atoms with Gasteiger partial charge in [0.1, 0.15) is 5.44 Å². The molecule has 2 nitrogen and oxygen atoms in total. The van der Waals surface area contributed by atoms with E-state index in [1.54, 1.807) is 23.5 Å². The second-order valence-electron chi connectivity index (χ2n) is 7.33. The van der Waals surface area contributed by atoms with Crippen LogP contribution in [-0.4, -0.2) is 35.8 Å². The first-order valence-electron chi connectivity index (χ1n) is 8.63. The van der Waals surface area contributed by atoms with Crippen LogP contribution < -0.4 is 10.4 Å². The van der Waals surface area contributed by atoms with Crippen LogP contribution in [0.3, 0.4) is 0 Å². The van der Waals surface area contributed by atoms with E-state index in [2.05, 4.69) is 81.4 Å². The smallest absolute Gasteiger partial charge is 0.261 e. The van der Waals surface area contributed by atoms with Gasteiger partial charge in [-0.1, -0.05) is 81.4 Å². The maximum Gasteiger partial charge on any atom is 0.261 e. The average Bonchev–Trinajstić information content (AvgIpc) is 3.02. The fourth-order valence-corrected chi connectivity index (χ4v) is 10.8. The van der Waals surface area contributed by atoms with Gasteiger partial charge in [-0.3, -0.25) is 0 Å². The molecule has 1 aliphatic rings. The van der Waals surface area contributed by atoms with Crippen LogP contribution >= 0.6 is 23.5 Å². The van der Waals surface area contributed by atoms with Crippen LogP contribution in [0.2, 0.25) is 5.04 Å².